The number of rotatable bonds is 3. The summed E-state index contributed by atoms with van der Waals surface area (Å²) in [6.45, 7) is 0. The van der Waals surface area contributed by atoms with E-state index in [-0.39, 0.29) is 5.75 Å². The number of alkyl halides is 3. The average Bonchev–Trinajstić information content (AvgIpc) is 2.13. The van der Waals surface area contributed by atoms with Crippen LogP contribution in [0.1, 0.15) is 0 Å². The van der Waals surface area contributed by atoms with Crippen molar-refractivity contribution in [1.82, 2.24) is 0 Å². The van der Waals surface area contributed by atoms with Crippen LogP contribution in [0.5, 0.6) is 11.5 Å². The lowest BCUT2D eigenvalue weighted by Crippen LogP contribution is -2.21. The SMILES string of the molecule is COc1ccc(S(N)(=O)=O)c(OC(F)(F)F)c1. The molecule has 0 aliphatic heterocycles. The summed E-state index contributed by atoms with van der Waals surface area (Å²) in [7, 11) is -3.10. The third kappa shape index (κ3) is 3.79. The van der Waals surface area contributed by atoms with E-state index in [0.717, 1.165) is 18.2 Å². The van der Waals surface area contributed by atoms with Gasteiger partial charge in [0.15, 0.2) is 5.75 Å². The van der Waals surface area contributed by atoms with Crippen molar-refractivity contribution in [3.05, 3.63) is 18.2 Å². The Morgan fingerprint density at radius 1 is 1.29 bits per heavy atom. The molecule has 2 N–H and O–H groups in total. The van der Waals surface area contributed by atoms with Crippen LogP contribution in [0.25, 0.3) is 0 Å². The van der Waals surface area contributed by atoms with Gasteiger partial charge >= 0.3 is 6.36 Å². The van der Waals surface area contributed by atoms with Gasteiger partial charge in [-0.05, 0) is 12.1 Å². The average molecular weight is 271 g/mol. The molecule has 0 atom stereocenters. The topological polar surface area (TPSA) is 78.6 Å². The van der Waals surface area contributed by atoms with Crippen molar-refractivity contribution in [2.24, 2.45) is 5.14 Å². The normalized spacial score (nSPS) is 12.3. The van der Waals surface area contributed by atoms with Gasteiger partial charge < -0.3 is 9.47 Å². The summed E-state index contributed by atoms with van der Waals surface area (Å²) in [6.07, 6.45) is -5.02. The number of sulfonamides is 1. The van der Waals surface area contributed by atoms with Gasteiger partial charge in [0.25, 0.3) is 0 Å². The lowest BCUT2D eigenvalue weighted by Gasteiger charge is -2.13. The summed E-state index contributed by atoms with van der Waals surface area (Å²) in [6, 6.07) is 2.81. The molecule has 1 rings (SSSR count). The Bertz CT molecular complexity index is 512. The Kier molecular flexibility index (Phi) is 3.53. The molecule has 5 nitrogen and oxygen atoms in total. The number of halogens is 3. The molecule has 0 saturated carbocycles. The van der Waals surface area contributed by atoms with Gasteiger partial charge in [0.1, 0.15) is 10.6 Å². The van der Waals surface area contributed by atoms with Crippen LogP contribution in [0.4, 0.5) is 13.2 Å². The van der Waals surface area contributed by atoms with Gasteiger partial charge in [0, 0.05) is 6.07 Å². The van der Waals surface area contributed by atoms with Gasteiger partial charge in [-0.1, -0.05) is 0 Å². The molecule has 0 spiro atoms. The highest BCUT2D eigenvalue weighted by Crippen LogP contribution is 2.32. The molecular weight excluding hydrogens is 263 g/mol. The first kappa shape index (κ1) is 13.6. The molecule has 0 bridgehead atoms. The summed E-state index contributed by atoms with van der Waals surface area (Å²) in [5, 5.41) is 4.75. The zero-order valence-electron chi connectivity index (χ0n) is 8.48. The van der Waals surface area contributed by atoms with Crippen LogP contribution < -0.4 is 14.6 Å². The van der Waals surface area contributed by atoms with E-state index in [0.29, 0.717) is 0 Å². The Hall–Kier alpha value is -1.48. The lowest BCUT2D eigenvalue weighted by molar-refractivity contribution is -0.275. The van der Waals surface area contributed by atoms with E-state index in [9.17, 15) is 21.6 Å². The number of nitrogens with two attached hydrogens (primary N) is 1. The minimum absolute atomic E-state index is 0.0108. The number of primary sulfonamides is 1. The van der Waals surface area contributed by atoms with Gasteiger partial charge in [-0.15, -0.1) is 13.2 Å². The Morgan fingerprint density at radius 3 is 2.29 bits per heavy atom. The fraction of sp³-hybridized carbons (Fsp3) is 0.250. The molecule has 0 aromatic heterocycles. The van der Waals surface area contributed by atoms with Gasteiger partial charge in [-0.2, -0.15) is 0 Å². The van der Waals surface area contributed by atoms with Crippen LogP contribution in [0, 0.1) is 0 Å². The minimum atomic E-state index is -5.02. The Morgan fingerprint density at radius 2 is 1.88 bits per heavy atom. The zero-order chi connectivity index (χ0) is 13.3. The first-order chi connectivity index (χ1) is 7.63. The second-order valence-corrected chi connectivity index (χ2v) is 4.44. The standard InChI is InChI=1S/C8H8F3NO4S/c1-15-5-2-3-7(17(12,13)14)6(4-5)16-8(9,10)11/h2-4H,1H3,(H2,12,13,14). The smallest absolute Gasteiger partial charge is 0.497 e. The molecule has 0 aliphatic rings. The first-order valence-electron chi connectivity index (χ1n) is 4.10. The minimum Gasteiger partial charge on any atom is -0.497 e. The van der Waals surface area contributed by atoms with Crippen molar-refractivity contribution in [3.8, 4) is 11.5 Å². The van der Waals surface area contributed by atoms with Crippen molar-refractivity contribution in [2.75, 3.05) is 7.11 Å². The molecule has 1 aromatic carbocycles. The molecule has 96 valence electrons. The van der Waals surface area contributed by atoms with E-state index >= 15 is 0 Å². The first-order valence-corrected chi connectivity index (χ1v) is 5.65. The van der Waals surface area contributed by atoms with E-state index in [1.165, 1.54) is 7.11 Å². The fourth-order valence-electron chi connectivity index (χ4n) is 1.05. The second-order valence-electron chi connectivity index (χ2n) is 2.91. The quantitative estimate of drug-likeness (QED) is 0.897. The van der Waals surface area contributed by atoms with Crippen LogP contribution >= 0.6 is 0 Å². The third-order valence-corrected chi connectivity index (χ3v) is 2.63. The molecule has 0 fully saturated rings. The van der Waals surface area contributed by atoms with E-state index in [4.69, 9.17) is 5.14 Å². The van der Waals surface area contributed by atoms with Crippen LogP contribution in [0.3, 0.4) is 0 Å². The highest BCUT2D eigenvalue weighted by atomic mass is 32.2. The molecule has 9 heteroatoms. The summed E-state index contributed by atoms with van der Waals surface area (Å²) >= 11 is 0. The number of hydrogen-bond acceptors (Lipinski definition) is 4. The number of methoxy groups -OCH3 is 1. The van der Waals surface area contributed by atoms with Crippen molar-refractivity contribution in [2.45, 2.75) is 11.3 Å². The van der Waals surface area contributed by atoms with Crippen LogP contribution in [0.15, 0.2) is 23.1 Å². The Labute approximate surface area is 95.0 Å². The number of ether oxygens (including phenoxy) is 2. The molecule has 0 amide bonds. The number of hydrogen-bond donors (Lipinski definition) is 1. The molecule has 0 unspecified atom stereocenters. The van der Waals surface area contributed by atoms with Gasteiger partial charge in [0.2, 0.25) is 10.0 Å². The third-order valence-electron chi connectivity index (χ3n) is 1.68. The van der Waals surface area contributed by atoms with Crippen LogP contribution in [0.2, 0.25) is 0 Å². The van der Waals surface area contributed by atoms with E-state index in [1.807, 2.05) is 0 Å². The second kappa shape index (κ2) is 4.41. The molecule has 0 heterocycles. The maximum absolute atomic E-state index is 12.0. The summed E-state index contributed by atoms with van der Waals surface area (Å²) < 4.78 is 66.4. The van der Waals surface area contributed by atoms with Crippen molar-refractivity contribution >= 4 is 10.0 Å². The van der Waals surface area contributed by atoms with Crippen molar-refractivity contribution < 1.29 is 31.1 Å². The van der Waals surface area contributed by atoms with E-state index < -0.39 is 27.0 Å². The maximum atomic E-state index is 12.0. The Balaban J connectivity index is 3.32. The fourth-order valence-corrected chi connectivity index (χ4v) is 1.69. The molecular formula is C8H8F3NO4S. The molecule has 0 aliphatic carbocycles. The summed E-state index contributed by atoms with van der Waals surface area (Å²) in [4.78, 5) is -0.768. The van der Waals surface area contributed by atoms with Crippen molar-refractivity contribution in [3.63, 3.8) is 0 Å². The monoisotopic (exact) mass is 271 g/mol. The van der Waals surface area contributed by atoms with Crippen molar-refractivity contribution in [1.29, 1.82) is 0 Å². The maximum Gasteiger partial charge on any atom is 0.573 e. The predicted molar refractivity (Wildman–Crippen MR) is 51.1 cm³/mol. The highest BCUT2D eigenvalue weighted by Gasteiger charge is 2.33. The molecule has 0 radical (unpaired) electrons. The van der Waals surface area contributed by atoms with Gasteiger partial charge in [0.05, 0.1) is 7.11 Å². The summed E-state index contributed by atoms with van der Waals surface area (Å²) in [5.41, 5.74) is 0. The predicted octanol–water partition coefficient (Wildman–Crippen LogP) is 1.24. The molecule has 17 heavy (non-hydrogen) atoms. The van der Waals surface area contributed by atoms with E-state index in [2.05, 4.69) is 9.47 Å². The van der Waals surface area contributed by atoms with Gasteiger partial charge in [-0.3, -0.25) is 0 Å². The van der Waals surface area contributed by atoms with E-state index in [1.54, 1.807) is 0 Å². The van der Waals surface area contributed by atoms with Crippen LogP contribution in [-0.2, 0) is 10.0 Å². The molecule has 1 aromatic rings. The largest absolute Gasteiger partial charge is 0.573 e. The van der Waals surface area contributed by atoms with Gasteiger partial charge in [-0.25, -0.2) is 13.6 Å². The van der Waals surface area contributed by atoms with Crippen LogP contribution in [-0.4, -0.2) is 21.9 Å². The summed E-state index contributed by atoms with van der Waals surface area (Å²) in [5.74, 6) is -0.920. The highest BCUT2D eigenvalue weighted by molar-refractivity contribution is 7.89. The lowest BCUT2D eigenvalue weighted by atomic mass is 10.3. The zero-order valence-corrected chi connectivity index (χ0v) is 9.30. The molecule has 0 saturated heterocycles. The number of benzene rings is 1.